The zero-order valence-corrected chi connectivity index (χ0v) is 35.4. The summed E-state index contributed by atoms with van der Waals surface area (Å²) in [5.74, 6) is 0. The fraction of sp³-hybridized carbons (Fsp3) is 0.125. The highest BCUT2D eigenvalue weighted by Gasteiger charge is 2.36. The van der Waals surface area contributed by atoms with Crippen LogP contribution in [-0.4, -0.2) is 37.2 Å². The Bertz CT molecular complexity index is 3180. The van der Waals surface area contributed by atoms with Gasteiger partial charge in [-0.2, -0.15) is 0 Å². The molecular weight excluding hydrogens is 811 g/mol. The minimum absolute atomic E-state index is 0.0360. The Labute approximate surface area is 348 Å². The largest absolute Gasteiger partial charge is 0.268 e. The Kier molecular flexibility index (Phi) is 8.66. The SMILES string of the molecule is Cc1ccc(S(=O)(=O)n2c3c(c4ccccc42)Cc2c(c4ccccc4n2S(=O)(=O)c2ccc(C)cc2)Cc2c(c4ccccc4n2S(=O)(=O)c2ccc(C)cc2)C3)cc1. The minimum Gasteiger partial charge on any atom is -0.237 e. The normalized spacial score (nSPS) is 13.4. The molecule has 0 fully saturated rings. The van der Waals surface area contributed by atoms with Crippen molar-refractivity contribution >= 4 is 62.8 Å². The molecule has 9 nitrogen and oxygen atoms in total. The highest BCUT2D eigenvalue weighted by molar-refractivity contribution is 7.90. The van der Waals surface area contributed by atoms with Crippen LogP contribution in [0.1, 0.15) is 50.5 Å². The van der Waals surface area contributed by atoms with E-state index in [1.165, 1.54) is 11.9 Å². The lowest BCUT2D eigenvalue weighted by Crippen LogP contribution is -2.18. The van der Waals surface area contributed by atoms with Gasteiger partial charge in [0.25, 0.3) is 30.1 Å². The summed E-state index contributed by atoms with van der Waals surface area (Å²) in [6.07, 6.45) is 0.108. The molecule has 1 aliphatic rings. The molecule has 0 aliphatic heterocycles. The van der Waals surface area contributed by atoms with Gasteiger partial charge in [0.1, 0.15) is 0 Å². The van der Waals surface area contributed by atoms with Crippen LogP contribution in [0.3, 0.4) is 0 Å². The van der Waals surface area contributed by atoms with E-state index in [4.69, 9.17) is 0 Å². The van der Waals surface area contributed by atoms with Crippen LogP contribution in [0.25, 0.3) is 32.7 Å². The fourth-order valence-electron chi connectivity index (χ4n) is 8.89. The van der Waals surface area contributed by atoms with Crippen LogP contribution in [0.2, 0.25) is 0 Å². The van der Waals surface area contributed by atoms with Crippen molar-refractivity contribution in [3.63, 3.8) is 0 Å². The van der Waals surface area contributed by atoms with Crippen molar-refractivity contribution < 1.29 is 25.3 Å². The fourth-order valence-corrected chi connectivity index (χ4v) is 13.6. The van der Waals surface area contributed by atoms with Crippen LogP contribution < -0.4 is 0 Å². The third-order valence-corrected chi connectivity index (χ3v) is 17.1. The molecule has 10 rings (SSSR count). The summed E-state index contributed by atoms with van der Waals surface area (Å²) in [6.45, 7) is 5.68. The van der Waals surface area contributed by atoms with Crippen molar-refractivity contribution in [3.05, 3.63) is 196 Å². The second kappa shape index (κ2) is 13.7. The second-order valence-corrected chi connectivity index (χ2v) is 21.0. The standard InChI is InChI=1S/C48H39N3O6S3/c1-31-16-22-34(23-17-31)58(52,53)49-43-13-7-4-10-37(43)40-29-47-42(39-12-6-9-15-45(39)50(47)59(54,55)35-24-18-32(2)19-25-35)30-48-41(28-46(40)49)38-11-5-8-14-44(38)51(48)60(56,57)36-26-20-33(3)21-27-36/h4-27H,28-30H2,1-3H3. The molecule has 0 spiro atoms. The van der Waals surface area contributed by atoms with Gasteiger partial charge in [-0.1, -0.05) is 108 Å². The summed E-state index contributed by atoms with van der Waals surface area (Å²) in [6, 6.07) is 42.0. The maximum atomic E-state index is 15.1. The molecule has 9 aromatic rings. The lowest BCUT2D eigenvalue weighted by Gasteiger charge is -2.15. The number of nitrogens with zero attached hydrogens (tertiary/aromatic N) is 3. The number of para-hydroxylation sites is 3. The molecule has 3 heterocycles. The molecule has 300 valence electrons. The van der Waals surface area contributed by atoms with Crippen molar-refractivity contribution in [3.8, 4) is 0 Å². The van der Waals surface area contributed by atoms with E-state index >= 15 is 25.3 Å². The van der Waals surface area contributed by atoms with Crippen molar-refractivity contribution in [1.29, 1.82) is 0 Å². The Morgan fingerprint density at radius 3 is 0.817 bits per heavy atom. The first-order chi connectivity index (χ1) is 28.8. The number of hydrogen-bond donors (Lipinski definition) is 0. The van der Waals surface area contributed by atoms with Gasteiger partial charge in [0.15, 0.2) is 0 Å². The van der Waals surface area contributed by atoms with Gasteiger partial charge in [-0.3, -0.25) is 0 Å². The maximum absolute atomic E-state index is 15.1. The van der Waals surface area contributed by atoms with Crippen molar-refractivity contribution in [2.24, 2.45) is 0 Å². The molecular formula is C48H39N3O6S3. The first-order valence-electron chi connectivity index (χ1n) is 19.6. The van der Waals surface area contributed by atoms with E-state index < -0.39 is 30.1 Å². The molecule has 60 heavy (non-hydrogen) atoms. The van der Waals surface area contributed by atoms with E-state index in [-0.39, 0.29) is 33.9 Å². The number of hydrogen-bond acceptors (Lipinski definition) is 6. The topological polar surface area (TPSA) is 117 Å². The second-order valence-electron chi connectivity index (χ2n) is 15.6. The molecule has 12 heteroatoms. The monoisotopic (exact) mass is 849 g/mol. The number of fused-ring (bicyclic) bond motifs is 9. The van der Waals surface area contributed by atoms with E-state index in [9.17, 15) is 0 Å². The zero-order valence-electron chi connectivity index (χ0n) is 33.0. The van der Waals surface area contributed by atoms with E-state index in [1.807, 2.05) is 57.2 Å². The Morgan fingerprint density at radius 1 is 0.333 bits per heavy atom. The molecule has 0 N–H and O–H groups in total. The summed E-state index contributed by atoms with van der Waals surface area (Å²) in [5.41, 5.74) is 7.19. The molecule has 0 radical (unpaired) electrons. The van der Waals surface area contributed by atoms with Gasteiger partial charge in [-0.15, -0.1) is 0 Å². The van der Waals surface area contributed by atoms with Crippen LogP contribution in [0, 0.1) is 20.8 Å². The summed E-state index contributed by atoms with van der Waals surface area (Å²) in [4.78, 5) is 0.286. The van der Waals surface area contributed by atoms with Crippen molar-refractivity contribution in [2.75, 3.05) is 0 Å². The molecule has 0 unspecified atom stereocenters. The molecule has 0 saturated carbocycles. The lowest BCUT2D eigenvalue weighted by atomic mass is 10.0. The van der Waals surface area contributed by atoms with E-state index in [2.05, 4.69) is 0 Å². The molecule has 1 aliphatic carbocycles. The predicted octanol–water partition coefficient (Wildman–Crippen LogP) is 9.27. The number of benzene rings is 6. The Morgan fingerprint density at radius 2 is 0.567 bits per heavy atom. The van der Waals surface area contributed by atoms with E-state index in [0.29, 0.717) is 66.5 Å². The van der Waals surface area contributed by atoms with E-state index in [1.54, 1.807) is 109 Å². The van der Waals surface area contributed by atoms with Gasteiger partial charge >= 0.3 is 0 Å². The van der Waals surface area contributed by atoms with Gasteiger partial charge in [0, 0.05) is 52.5 Å². The van der Waals surface area contributed by atoms with Gasteiger partial charge in [0.2, 0.25) is 0 Å². The van der Waals surface area contributed by atoms with Crippen molar-refractivity contribution in [2.45, 2.75) is 54.7 Å². The Balaban J connectivity index is 1.38. The summed E-state index contributed by atoms with van der Waals surface area (Å²) < 4.78 is 94.9. The third kappa shape index (κ3) is 5.72. The van der Waals surface area contributed by atoms with Crippen LogP contribution in [0.15, 0.2) is 160 Å². The van der Waals surface area contributed by atoms with Gasteiger partial charge in [-0.25, -0.2) is 37.2 Å². The summed E-state index contributed by atoms with van der Waals surface area (Å²) >= 11 is 0. The molecule has 6 aromatic carbocycles. The molecule has 3 aromatic heterocycles. The zero-order chi connectivity index (χ0) is 41.7. The van der Waals surface area contributed by atoms with Gasteiger partial charge in [0.05, 0.1) is 31.2 Å². The molecule has 0 amide bonds. The molecule has 0 atom stereocenters. The summed E-state index contributed by atoms with van der Waals surface area (Å²) in [7, 11) is -12.8. The number of aryl methyl sites for hydroxylation is 3. The van der Waals surface area contributed by atoms with Crippen LogP contribution in [0.5, 0.6) is 0 Å². The highest BCUT2D eigenvalue weighted by atomic mass is 32.2. The Hall–Kier alpha value is -6.21. The first-order valence-corrected chi connectivity index (χ1v) is 23.9. The first kappa shape index (κ1) is 38.0. The highest BCUT2D eigenvalue weighted by Crippen LogP contribution is 2.43. The van der Waals surface area contributed by atoms with Gasteiger partial charge < -0.3 is 0 Å². The van der Waals surface area contributed by atoms with Crippen LogP contribution in [0.4, 0.5) is 0 Å². The average molecular weight is 850 g/mol. The van der Waals surface area contributed by atoms with Crippen LogP contribution in [-0.2, 0) is 49.3 Å². The van der Waals surface area contributed by atoms with Crippen LogP contribution >= 0.6 is 0 Å². The van der Waals surface area contributed by atoms with Crippen molar-refractivity contribution in [1.82, 2.24) is 11.9 Å². The van der Waals surface area contributed by atoms with Gasteiger partial charge in [-0.05, 0) is 92.1 Å². The number of rotatable bonds is 6. The maximum Gasteiger partial charge on any atom is 0.268 e. The minimum atomic E-state index is -4.27. The summed E-state index contributed by atoms with van der Waals surface area (Å²) in [5, 5.41) is 1.95. The average Bonchev–Trinajstić information content (AvgIpc) is 3.85. The third-order valence-electron chi connectivity index (χ3n) is 11.8. The number of aromatic nitrogens is 3. The van der Waals surface area contributed by atoms with E-state index in [0.717, 1.165) is 16.7 Å². The smallest absolute Gasteiger partial charge is 0.237 e. The molecule has 0 bridgehead atoms. The lowest BCUT2D eigenvalue weighted by molar-refractivity contribution is 0.584. The quantitative estimate of drug-likeness (QED) is 0.165. The predicted molar refractivity (Wildman–Crippen MR) is 236 cm³/mol. The molecule has 0 saturated heterocycles.